The topological polar surface area (TPSA) is 43.1 Å². The molecule has 0 aromatic carbocycles. The quantitative estimate of drug-likeness (QED) is 0.349. The monoisotopic (exact) mass is 147 g/mol. The van der Waals surface area contributed by atoms with Crippen LogP contribution < -0.4 is 0 Å². The highest BCUT2D eigenvalue weighted by Crippen LogP contribution is 1.95. The third-order valence-electron chi connectivity index (χ3n) is 0.957. The molecule has 0 aromatic rings. The molecule has 0 unspecified atom stereocenters. The summed E-state index contributed by atoms with van der Waals surface area (Å²) in [6, 6.07) is 0. The average Bonchev–Trinajstić information content (AvgIpc) is 1.82. The van der Waals surface area contributed by atoms with Crippen molar-refractivity contribution >= 4 is 0 Å². The molecule has 0 atom stereocenters. The van der Waals surface area contributed by atoms with Crippen LogP contribution in [-0.4, -0.2) is 12.0 Å². The lowest BCUT2D eigenvalue weighted by molar-refractivity contribution is -0.445. The molecule has 62 valence electrons. The molecule has 0 aliphatic heterocycles. The van der Waals surface area contributed by atoms with Gasteiger partial charge in [0.1, 0.15) is 0 Å². The number of rotatable bonds is 3. The maximum atomic E-state index is 8.81. The summed E-state index contributed by atoms with van der Waals surface area (Å²) in [5.74, 6) is 0. The number of hydrogen-bond donors (Lipinski definition) is 0. The highest BCUT2D eigenvalue weighted by Gasteiger charge is 1.75. The molecule has 0 rings (SSSR count). The number of nitrogens with zero attached hydrogens (tertiary/aromatic N) is 1. The first-order valence-electron chi connectivity index (χ1n) is 3.73. The summed E-state index contributed by atoms with van der Waals surface area (Å²) in [4.78, 5) is 8.31. The van der Waals surface area contributed by atoms with Gasteiger partial charge in [0.25, 0.3) is 0 Å². The lowest BCUT2D eigenvalue weighted by atomic mass is 10.2. The zero-order chi connectivity index (χ0) is 8.41. The van der Waals surface area contributed by atoms with Gasteiger partial charge in [-0.05, 0) is 0 Å². The van der Waals surface area contributed by atoms with E-state index in [2.05, 4.69) is 13.8 Å². The van der Waals surface area contributed by atoms with Gasteiger partial charge < -0.3 is 0 Å². The molecule has 0 fully saturated rings. The fourth-order valence-electron chi connectivity index (χ4n) is 0.500. The van der Waals surface area contributed by atoms with Gasteiger partial charge in [-0.1, -0.05) is 39.5 Å². The second-order valence-corrected chi connectivity index (χ2v) is 2.15. The Labute approximate surface area is 62.6 Å². The second kappa shape index (κ2) is 11.2. The molecule has 10 heavy (non-hydrogen) atoms. The molecule has 0 aliphatic carbocycles. The van der Waals surface area contributed by atoms with Crippen molar-refractivity contribution in [2.75, 3.05) is 7.05 Å². The van der Waals surface area contributed by atoms with Gasteiger partial charge >= 0.3 is 0 Å². The van der Waals surface area contributed by atoms with Crippen LogP contribution in [0.2, 0.25) is 0 Å². The Morgan fingerprint density at radius 3 is 1.50 bits per heavy atom. The summed E-state index contributed by atoms with van der Waals surface area (Å²) in [5.41, 5.74) is 0. The van der Waals surface area contributed by atoms with Crippen LogP contribution >= 0.6 is 0 Å². The Morgan fingerprint density at radius 2 is 1.40 bits per heavy atom. The average molecular weight is 147 g/mol. The normalized spacial score (nSPS) is 7.90. The maximum absolute atomic E-state index is 8.81. The molecule has 0 amide bonds. The maximum Gasteiger partial charge on any atom is 0.194 e. The molecular weight excluding hydrogens is 130 g/mol. The zero-order valence-electron chi connectivity index (χ0n) is 7.09. The Morgan fingerprint density at radius 1 is 1.20 bits per heavy atom. The molecule has 0 aliphatic rings. The largest absolute Gasteiger partial charge is 0.265 e. The SMILES string of the molecule is CCCCCC.C[N+](=O)[O-]. The minimum absolute atomic E-state index is 0.500. The van der Waals surface area contributed by atoms with Gasteiger partial charge in [-0.15, -0.1) is 0 Å². The molecule has 0 saturated heterocycles. The smallest absolute Gasteiger partial charge is 0.194 e. The molecular formula is C7H17NO2. The van der Waals surface area contributed by atoms with Crippen LogP contribution in [0.15, 0.2) is 0 Å². The second-order valence-electron chi connectivity index (χ2n) is 2.15. The van der Waals surface area contributed by atoms with E-state index in [1.165, 1.54) is 25.7 Å². The van der Waals surface area contributed by atoms with Crippen molar-refractivity contribution in [2.45, 2.75) is 39.5 Å². The van der Waals surface area contributed by atoms with Gasteiger partial charge in [-0.3, -0.25) is 10.1 Å². The predicted molar refractivity (Wildman–Crippen MR) is 42.7 cm³/mol. The van der Waals surface area contributed by atoms with E-state index in [9.17, 15) is 0 Å². The Balaban J connectivity index is 0. The Hall–Kier alpha value is -0.600. The van der Waals surface area contributed by atoms with Gasteiger partial charge in [-0.25, -0.2) is 0 Å². The third-order valence-corrected chi connectivity index (χ3v) is 0.957. The van der Waals surface area contributed by atoms with Crippen molar-refractivity contribution in [3.05, 3.63) is 10.1 Å². The summed E-state index contributed by atoms with van der Waals surface area (Å²) in [6.45, 7) is 4.46. The first kappa shape index (κ1) is 12.1. The summed E-state index contributed by atoms with van der Waals surface area (Å²) < 4.78 is 0. The predicted octanol–water partition coefficient (Wildman–Crippen LogP) is 2.48. The van der Waals surface area contributed by atoms with Crippen molar-refractivity contribution in [2.24, 2.45) is 0 Å². The van der Waals surface area contributed by atoms with Gasteiger partial charge in [0.2, 0.25) is 0 Å². The zero-order valence-corrected chi connectivity index (χ0v) is 7.09. The van der Waals surface area contributed by atoms with Crippen molar-refractivity contribution in [3.63, 3.8) is 0 Å². The molecule has 3 heteroatoms. The van der Waals surface area contributed by atoms with Crippen molar-refractivity contribution in [1.82, 2.24) is 0 Å². The van der Waals surface area contributed by atoms with E-state index < -0.39 is 4.92 Å². The molecule has 0 saturated carbocycles. The van der Waals surface area contributed by atoms with Crippen LogP contribution in [0.5, 0.6) is 0 Å². The van der Waals surface area contributed by atoms with Crippen molar-refractivity contribution in [1.29, 1.82) is 0 Å². The number of nitro groups is 1. The third kappa shape index (κ3) is 52.6. The molecule has 0 spiro atoms. The first-order chi connectivity index (χ1) is 4.65. The molecule has 0 aromatic heterocycles. The van der Waals surface area contributed by atoms with Gasteiger partial charge in [0.05, 0.1) is 0 Å². The van der Waals surface area contributed by atoms with Crippen LogP contribution in [0, 0.1) is 10.1 Å². The Bertz CT molecular complexity index is 66.0. The molecule has 0 bridgehead atoms. The Kier molecular flexibility index (Phi) is 13.6. The molecule has 0 N–H and O–H groups in total. The fraction of sp³-hybridized carbons (Fsp3) is 1.00. The lowest BCUT2D eigenvalue weighted by Crippen LogP contribution is -1.79. The highest BCUT2D eigenvalue weighted by atomic mass is 16.6. The summed E-state index contributed by atoms with van der Waals surface area (Å²) in [6.07, 6.45) is 5.54. The summed E-state index contributed by atoms with van der Waals surface area (Å²) >= 11 is 0. The van der Waals surface area contributed by atoms with Crippen molar-refractivity contribution < 1.29 is 4.92 Å². The minimum Gasteiger partial charge on any atom is -0.265 e. The highest BCUT2D eigenvalue weighted by molar-refractivity contribution is 4.31. The van der Waals surface area contributed by atoms with E-state index in [1.807, 2.05) is 0 Å². The van der Waals surface area contributed by atoms with Gasteiger partial charge in [-0.2, -0.15) is 0 Å². The van der Waals surface area contributed by atoms with Crippen molar-refractivity contribution in [3.8, 4) is 0 Å². The van der Waals surface area contributed by atoms with Gasteiger partial charge in [0.15, 0.2) is 7.05 Å². The van der Waals surface area contributed by atoms with Crippen LogP contribution in [0.3, 0.4) is 0 Å². The first-order valence-corrected chi connectivity index (χ1v) is 3.73. The lowest BCUT2D eigenvalue weighted by Gasteiger charge is -1.86. The molecule has 0 heterocycles. The van der Waals surface area contributed by atoms with Crippen LogP contribution in [0.4, 0.5) is 0 Å². The van der Waals surface area contributed by atoms with Crippen LogP contribution in [-0.2, 0) is 0 Å². The van der Waals surface area contributed by atoms with E-state index in [0.29, 0.717) is 0 Å². The summed E-state index contributed by atoms with van der Waals surface area (Å²) in [7, 11) is 0.889. The van der Waals surface area contributed by atoms with Gasteiger partial charge in [0, 0.05) is 4.92 Å². The minimum atomic E-state index is -0.500. The van der Waals surface area contributed by atoms with E-state index in [1.54, 1.807) is 0 Å². The van der Waals surface area contributed by atoms with Crippen LogP contribution in [0.25, 0.3) is 0 Å². The van der Waals surface area contributed by atoms with E-state index in [-0.39, 0.29) is 0 Å². The summed E-state index contributed by atoms with van der Waals surface area (Å²) in [5, 5.41) is 8.81. The van der Waals surface area contributed by atoms with E-state index >= 15 is 0 Å². The number of unbranched alkanes of at least 4 members (excludes halogenated alkanes) is 3. The van der Waals surface area contributed by atoms with Crippen LogP contribution in [0.1, 0.15) is 39.5 Å². The molecule has 0 radical (unpaired) electrons. The number of hydrogen-bond acceptors (Lipinski definition) is 2. The fourth-order valence-corrected chi connectivity index (χ4v) is 0.500. The standard InChI is InChI=1S/C6H14.CH3NO2/c1-3-5-6-4-2;1-2(3)4/h3-6H2,1-2H3;1H3. The van der Waals surface area contributed by atoms with E-state index in [0.717, 1.165) is 7.05 Å². The van der Waals surface area contributed by atoms with E-state index in [4.69, 9.17) is 10.1 Å². The molecule has 3 nitrogen and oxygen atoms in total.